The molecule has 2 saturated heterocycles. The van der Waals surface area contributed by atoms with Crippen molar-refractivity contribution in [2.24, 2.45) is 5.92 Å². The predicted molar refractivity (Wildman–Crippen MR) is 90.6 cm³/mol. The first-order chi connectivity index (χ1) is 12.0. The number of rotatable bonds is 2. The lowest BCUT2D eigenvalue weighted by molar-refractivity contribution is -0.208. The first-order valence-corrected chi connectivity index (χ1v) is 8.52. The SMILES string of the molecule is C=C(C)C(=O)O[C@@H]1C[C@@]2(C)O[C@](O)(C[C@@H]2O)/C(C)=C\[C@H]2OC(=O)C(=C)[C@@H]21. The summed E-state index contributed by atoms with van der Waals surface area (Å²) in [6.07, 6.45) is -0.957. The van der Waals surface area contributed by atoms with Gasteiger partial charge in [-0.3, -0.25) is 0 Å². The number of aliphatic hydroxyl groups is 2. The maximum Gasteiger partial charge on any atom is 0.334 e. The summed E-state index contributed by atoms with van der Waals surface area (Å²) in [6.45, 7) is 12.2. The molecule has 0 amide bonds. The van der Waals surface area contributed by atoms with E-state index in [2.05, 4.69) is 13.2 Å². The van der Waals surface area contributed by atoms with E-state index in [4.69, 9.17) is 14.2 Å². The number of fused-ring (bicyclic) bond motifs is 3. The summed E-state index contributed by atoms with van der Waals surface area (Å²) in [5.41, 5.74) is -0.366. The molecule has 26 heavy (non-hydrogen) atoms. The summed E-state index contributed by atoms with van der Waals surface area (Å²) < 4.78 is 16.8. The molecule has 0 unspecified atom stereocenters. The van der Waals surface area contributed by atoms with Gasteiger partial charge in [0.05, 0.1) is 17.6 Å². The molecule has 0 aliphatic carbocycles. The normalized spacial score (nSPS) is 44.1. The third-order valence-corrected chi connectivity index (χ3v) is 5.48. The third kappa shape index (κ3) is 2.90. The maximum atomic E-state index is 12.1. The van der Waals surface area contributed by atoms with Crippen molar-refractivity contribution in [2.45, 2.75) is 63.3 Å². The molecule has 3 aliphatic heterocycles. The first-order valence-electron chi connectivity index (χ1n) is 8.52. The fourth-order valence-electron chi connectivity index (χ4n) is 3.83. The Morgan fingerprint density at radius 3 is 2.69 bits per heavy atom. The lowest BCUT2D eigenvalue weighted by Crippen LogP contribution is -2.44. The second-order valence-electron chi connectivity index (χ2n) is 7.62. The van der Waals surface area contributed by atoms with Crippen molar-refractivity contribution in [1.29, 1.82) is 0 Å². The smallest absolute Gasteiger partial charge is 0.334 e. The van der Waals surface area contributed by atoms with E-state index < -0.39 is 47.6 Å². The minimum Gasteiger partial charge on any atom is -0.458 e. The predicted octanol–water partition coefficient (Wildman–Crippen LogP) is 1.15. The molecular formula is C19H24O7. The Labute approximate surface area is 151 Å². The molecule has 142 valence electrons. The van der Waals surface area contributed by atoms with Gasteiger partial charge in [0, 0.05) is 24.0 Å². The van der Waals surface area contributed by atoms with Gasteiger partial charge in [-0.25, -0.2) is 9.59 Å². The van der Waals surface area contributed by atoms with Crippen LogP contribution in [0.5, 0.6) is 0 Å². The van der Waals surface area contributed by atoms with Crippen LogP contribution in [0.2, 0.25) is 0 Å². The molecule has 6 atom stereocenters. The van der Waals surface area contributed by atoms with Gasteiger partial charge in [0.25, 0.3) is 0 Å². The standard InChI is InChI=1S/C19H24O7/c1-9(2)16(21)25-13-7-18(5)14(20)8-19(23,26-18)10(3)6-12-15(13)11(4)17(22)24-12/h6,12-15,20,23H,1,4,7-8H2,2-3,5H3/b10-6-/t12-,13-,14+,15+,18-,19-/m1/s1. The van der Waals surface area contributed by atoms with Crippen LogP contribution in [0, 0.1) is 5.92 Å². The third-order valence-electron chi connectivity index (χ3n) is 5.48. The molecule has 2 N–H and O–H groups in total. The van der Waals surface area contributed by atoms with Gasteiger partial charge in [-0.15, -0.1) is 0 Å². The maximum absolute atomic E-state index is 12.1. The molecule has 3 heterocycles. The van der Waals surface area contributed by atoms with Crippen molar-refractivity contribution in [3.63, 3.8) is 0 Å². The van der Waals surface area contributed by atoms with Crippen molar-refractivity contribution < 1.29 is 34.0 Å². The molecule has 0 saturated carbocycles. The minimum atomic E-state index is -1.68. The first kappa shape index (κ1) is 18.8. The van der Waals surface area contributed by atoms with Crippen LogP contribution in [0.1, 0.15) is 33.6 Å². The van der Waals surface area contributed by atoms with Crippen LogP contribution in [0.15, 0.2) is 36.0 Å². The molecule has 7 heteroatoms. The van der Waals surface area contributed by atoms with Gasteiger partial charge in [-0.05, 0) is 32.4 Å². The highest BCUT2D eigenvalue weighted by Gasteiger charge is 2.58. The topological polar surface area (TPSA) is 102 Å². The van der Waals surface area contributed by atoms with Gasteiger partial charge >= 0.3 is 11.9 Å². The van der Waals surface area contributed by atoms with Crippen molar-refractivity contribution >= 4 is 11.9 Å². The zero-order chi connectivity index (χ0) is 19.4. The second kappa shape index (κ2) is 6.04. The lowest BCUT2D eigenvalue weighted by Gasteiger charge is -2.34. The highest BCUT2D eigenvalue weighted by molar-refractivity contribution is 5.91. The van der Waals surface area contributed by atoms with Gasteiger partial charge in [-0.1, -0.05) is 13.2 Å². The molecule has 0 aromatic heterocycles. The van der Waals surface area contributed by atoms with E-state index in [1.165, 1.54) is 6.92 Å². The van der Waals surface area contributed by atoms with E-state index in [0.717, 1.165) is 0 Å². The Morgan fingerprint density at radius 1 is 1.42 bits per heavy atom. The van der Waals surface area contributed by atoms with Crippen molar-refractivity contribution in [1.82, 2.24) is 0 Å². The molecular weight excluding hydrogens is 340 g/mol. The molecule has 2 bridgehead atoms. The molecule has 2 fully saturated rings. The molecule has 0 aromatic rings. The highest BCUT2D eigenvalue weighted by Crippen LogP contribution is 2.47. The van der Waals surface area contributed by atoms with Crippen LogP contribution in [-0.2, 0) is 23.8 Å². The summed E-state index contributed by atoms with van der Waals surface area (Å²) in [5.74, 6) is -3.52. The Hall–Kier alpha value is -1.96. The van der Waals surface area contributed by atoms with Crippen LogP contribution in [0.25, 0.3) is 0 Å². The molecule has 3 rings (SSSR count). The van der Waals surface area contributed by atoms with E-state index in [-0.39, 0.29) is 24.0 Å². The van der Waals surface area contributed by atoms with Gasteiger partial charge in [0.1, 0.15) is 12.2 Å². The van der Waals surface area contributed by atoms with Crippen molar-refractivity contribution in [3.05, 3.63) is 36.0 Å². The lowest BCUT2D eigenvalue weighted by atomic mass is 9.80. The number of ether oxygens (including phenoxy) is 3. The fourth-order valence-corrected chi connectivity index (χ4v) is 3.83. The second-order valence-corrected chi connectivity index (χ2v) is 7.62. The van der Waals surface area contributed by atoms with Crippen LogP contribution < -0.4 is 0 Å². The quantitative estimate of drug-likeness (QED) is 0.430. The van der Waals surface area contributed by atoms with E-state index >= 15 is 0 Å². The van der Waals surface area contributed by atoms with Crippen LogP contribution >= 0.6 is 0 Å². The molecule has 3 aliphatic rings. The number of hydrogen-bond acceptors (Lipinski definition) is 7. The summed E-state index contributed by atoms with van der Waals surface area (Å²) in [5, 5.41) is 21.3. The summed E-state index contributed by atoms with van der Waals surface area (Å²) >= 11 is 0. The number of carbonyl (C=O) groups excluding carboxylic acids is 2. The largest absolute Gasteiger partial charge is 0.458 e. The van der Waals surface area contributed by atoms with Crippen LogP contribution in [0.3, 0.4) is 0 Å². The fraction of sp³-hybridized carbons (Fsp3) is 0.579. The monoisotopic (exact) mass is 364 g/mol. The van der Waals surface area contributed by atoms with Gasteiger partial charge < -0.3 is 24.4 Å². The summed E-state index contributed by atoms with van der Waals surface area (Å²) in [4.78, 5) is 24.2. The van der Waals surface area contributed by atoms with Crippen LogP contribution in [0.4, 0.5) is 0 Å². The van der Waals surface area contributed by atoms with Crippen LogP contribution in [-0.4, -0.2) is 51.9 Å². The Kier molecular flexibility index (Phi) is 4.37. The van der Waals surface area contributed by atoms with E-state index in [1.807, 2.05) is 0 Å². The van der Waals surface area contributed by atoms with E-state index in [0.29, 0.717) is 5.57 Å². The van der Waals surface area contributed by atoms with Crippen molar-refractivity contribution in [3.8, 4) is 0 Å². The number of aliphatic hydroxyl groups excluding tert-OH is 1. The highest BCUT2D eigenvalue weighted by atomic mass is 16.7. The Bertz CT molecular complexity index is 723. The zero-order valence-corrected chi connectivity index (χ0v) is 15.2. The van der Waals surface area contributed by atoms with E-state index in [1.54, 1.807) is 19.9 Å². The summed E-state index contributed by atoms with van der Waals surface area (Å²) in [6, 6.07) is 0. The number of esters is 2. The Morgan fingerprint density at radius 2 is 2.08 bits per heavy atom. The molecule has 0 spiro atoms. The molecule has 7 nitrogen and oxygen atoms in total. The van der Waals surface area contributed by atoms with E-state index in [9.17, 15) is 19.8 Å². The van der Waals surface area contributed by atoms with Crippen molar-refractivity contribution in [2.75, 3.05) is 0 Å². The number of carbonyl (C=O) groups is 2. The molecule has 0 radical (unpaired) electrons. The average Bonchev–Trinajstić information content (AvgIpc) is 2.93. The van der Waals surface area contributed by atoms with Gasteiger partial charge in [0.2, 0.25) is 0 Å². The minimum absolute atomic E-state index is 0.0285. The van der Waals surface area contributed by atoms with Gasteiger partial charge in [-0.2, -0.15) is 0 Å². The Balaban J connectivity index is 2.08. The summed E-state index contributed by atoms with van der Waals surface area (Å²) in [7, 11) is 0. The van der Waals surface area contributed by atoms with Gasteiger partial charge in [0.15, 0.2) is 5.79 Å². The zero-order valence-electron chi connectivity index (χ0n) is 15.2. The average molecular weight is 364 g/mol. The number of hydrogen-bond donors (Lipinski definition) is 2. The molecule has 0 aromatic carbocycles.